The number of piperidine rings is 1. The normalized spacial score (nSPS) is 16.0. The zero-order valence-corrected chi connectivity index (χ0v) is 25.0. The van der Waals surface area contributed by atoms with E-state index in [0.29, 0.717) is 29.5 Å². The number of urea groups is 1. The fraction of sp³-hybridized carbons (Fsp3) is 0.355. The van der Waals surface area contributed by atoms with Crippen molar-refractivity contribution in [1.29, 1.82) is 0 Å². The molecular formula is C31H30F3N7O3S. The molecule has 14 heteroatoms. The second kappa shape index (κ2) is 13.2. The molecule has 0 spiro atoms. The summed E-state index contributed by atoms with van der Waals surface area (Å²) in [5.41, 5.74) is 0.706. The third-order valence-corrected chi connectivity index (χ3v) is 8.84. The topological polar surface area (TPSA) is 122 Å². The molecule has 1 aromatic carbocycles. The van der Waals surface area contributed by atoms with Gasteiger partial charge in [0.1, 0.15) is 5.75 Å². The minimum atomic E-state index is -4.59. The number of thiazole rings is 1. The van der Waals surface area contributed by atoms with E-state index in [0.717, 1.165) is 67.6 Å². The van der Waals surface area contributed by atoms with Crippen LogP contribution in [0.2, 0.25) is 0 Å². The fourth-order valence-electron chi connectivity index (χ4n) is 5.47. The van der Waals surface area contributed by atoms with Crippen LogP contribution in [0.3, 0.4) is 0 Å². The van der Waals surface area contributed by atoms with Crippen LogP contribution < -0.4 is 20.3 Å². The van der Waals surface area contributed by atoms with Crippen LogP contribution in [0, 0.1) is 0 Å². The first-order chi connectivity index (χ1) is 21.7. The number of nitrogens with zero attached hydrogens (tertiary/aromatic N) is 5. The number of carbonyl (C=O) groups is 2. The molecule has 1 aliphatic heterocycles. The third-order valence-electron chi connectivity index (χ3n) is 7.77. The van der Waals surface area contributed by atoms with Crippen molar-refractivity contribution in [2.75, 3.05) is 22.1 Å². The molecule has 234 valence electrons. The highest BCUT2D eigenvalue weighted by molar-refractivity contribution is 7.19. The Hall–Kier alpha value is -4.59. The van der Waals surface area contributed by atoms with Crippen molar-refractivity contribution in [2.24, 2.45) is 0 Å². The standard InChI is InChI=1S/C31H30F3N7O3S/c32-31(33,34)21-14-24(27(35-15-21)20-6-2-1-3-7-20)40-28(43)39-22-16-36-29(37-17-22)44-23-11-9-19(10-12-23)25-18-38-30(45-25)41-13-5-4-8-26(41)42/h9-12,14-18,20H,1-8,13H2,(H2,39,40,43). The van der Waals surface area contributed by atoms with E-state index in [4.69, 9.17) is 4.74 Å². The number of amides is 3. The number of benzene rings is 1. The van der Waals surface area contributed by atoms with E-state index < -0.39 is 17.8 Å². The summed E-state index contributed by atoms with van der Waals surface area (Å²) < 4.78 is 45.9. The molecule has 2 N–H and O–H groups in total. The largest absolute Gasteiger partial charge is 0.424 e. The lowest BCUT2D eigenvalue weighted by Gasteiger charge is -2.24. The molecule has 0 radical (unpaired) electrons. The Morgan fingerprint density at radius 3 is 2.38 bits per heavy atom. The average Bonchev–Trinajstić information content (AvgIpc) is 3.53. The number of pyridine rings is 1. The minimum Gasteiger partial charge on any atom is -0.424 e. The molecule has 0 unspecified atom stereocenters. The van der Waals surface area contributed by atoms with Crippen LogP contribution in [0.5, 0.6) is 11.8 Å². The van der Waals surface area contributed by atoms with Gasteiger partial charge in [-0.15, -0.1) is 0 Å². The van der Waals surface area contributed by atoms with Crippen molar-refractivity contribution in [3.05, 3.63) is 66.4 Å². The maximum atomic E-state index is 13.4. The van der Waals surface area contributed by atoms with Crippen LogP contribution in [-0.2, 0) is 11.0 Å². The number of nitrogens with one attached hydrogen (secondary N) is 2. The van der Waals surface area contributed by atoms with Crippen LogP contribution >= 0.6 is 11.3 Å². The number of ether oxygens (including phenoxy) is 1. The Bertz CT molecular complexity index is 1660. The van der Waals surface area contributed by atoms with Crippen LogP contribution in [-0.4, -0.2) is 38.4 Å². The third kappa shape index (κ3) is 7.39. The lowest BCUT2D eigenvalue weighted by Crippen LogP contribution is -2.34. The van der Waals surface area contributed by atoms with Gasteiger partial charge >= 0.3 is 18.2 Å². The van der Waals surface area contributed by atoms with Crippen molar-refractivity contribution in [3.8, 4) is 22.2 Å². The number of rotatable bonds is 7. The maximum Gasteiger partial charge on any atom is 0.417 e. The summed E-state index contributed by atoms with van der Waals surface area (Å²) in [7, 11) is 0. The van der Waals surface area contributed by atoms with Crippen LogP contribution in [0.4, 0.5) is 34.5 Å². The summed E-state index contributed by atoms with van der Waals surface area (Å²) >= 11 is 1.46. The van der Waals surface area contributed by atoms with Gasteiger partial charge in [0.15, 0.2) is 5.13 Å². The predicted molar refractivity (Wildman–Crippen MR) is 164 cm³/mol. The highest BCUT2D eigenvalue weighted by Gasteiger charge is 2.33. The van der Waals surface area contributed by atoms with Gasteiger partial charge in [-0.3, -0.25) is 14.7 Å². The van der Waals surface area contributed by atoms with Gasteiger partial charge in [-0.2, -0.15) is 13.2 Å². The van der Waals surface area contributed by atoms with Gasteiger partial charge in [-0.25, -0.2) is 19.7 Å². The summed E-state index contributed by atoms with van der Waals surface area (Å²) in [6, 6.07) is 7.49. The SMILES string of the molecule is O=C(Nc1cnc(Oc2ccc(-c3cnc(N4CCCCC4=O)s3)cc2)nc1)Nc1cc(C(F)(F)F)cnc1C1CCCCC1. The molecule has 0 atom stereocenters. The molecule has 1 saturated heterocycles. The van der Waals surface area contributed by atoms with E-state index in [9.17, 15) is 22.8 Å². The quantitative estimate of drug-likeness (QED) is 0.210. The molecule has 10 nitrogen and oxygen atoms in total. The molecule has 3 amide bonds. The Morgan fingerprint density at radius 2 is 1.67 bits per heavy atom. The van der Waals surface area contributed by atoms with Gasteiger partial charge in [0.05, 0.1) is 39.9 Å². The highest BCUT2D eigenvalue weighted by Crippen LogP contribution is 2.38. The molecule has 1 saturated carbocycles. The van der Waals surface area contributed by atoms with Gasteiger partial charge in [-0.05, 0) is 61.6 Å². The molecule has 4 aromatic rings. The van der Waals surface area contributed by atoms with E-state index >= 15 is 0 Å². The van der Waals surface area contributed by atoms with E-state index in [1.807, 2.05) is 12.1 Å². The van der Waals surface area contributed by atoms with Crippen molar-refractivity contribution in [1.82, 2.24) is 19.9 Å². The predicted octanol–water partition coefficient (Wildman–Crippen LogP) is 8.01. The Kier molecular flexibility index (Phi) is 8.92. The summed E-state index contributed by atoms with van der Waals surface area (Å²) in [4.78, 5) is 44.5. The number of hydrogen-bond donors (Lipinski definition) is 2. The second-order valence-corrected chi connectivity index (χ2v) is 12.0. The number of anilines is 3. The highest BCUT2D eigenvalue weighted by atomic mass is 32.1. The molecule has 45 heavy (non-hydrogen) atoms. The number of halogens is 3. The molecule has 2 fully saturated rings. The lowest BCUT2D eigenvalue weighted by molar-refractivity contribution is -0.137. The van der Waals surface area contributed by atoms with Crippen molar-refractivity contribution >= 4 is 39.8 Å². The molecule has 2 aliphatic rings. The zero-order chi connectivity index (χ0) is 31.4. The number of aromatic nitrogens is 4. The van der Waals surface area contributed by atoms with Gasteiger partial charge in [0.2, 0.25) is 5.91 Å². The molecule has 0 bridgehead atoms. The average molecular weight is 638 g/mol. The molecule has 4 heterocycles. The van der Waals surface area contributed by atoms with Crippen molar-refractivity contribution in [3.63, 3.8) is 0 Å². The first-order valence-electron chi connectivity index (χ1n) is 14.7. The van der Waals surface area contributed by atoms with Gasteiger partial charge in [-0.1, -0.05) is 30.6 Å². The Morgan fingerprint density at radius 1 is 0.911 bits per heavy atom. The number of hydrogen-bond acceptors (Lipinski definition) is 8. The summed E-state index contributed by atoms with van der Waals surface area (Å²) in [6.07, 6.45) is 7.70. The van der Waals surface area contributed by atoms with Crippen LogP contribution in [0.25, 0.3) is 10.4 Å². The van der Waals surface area contributed by atoms with E-state index in [-0.39, 0.29) is 29.2 Å². The number of alkyl halides is 3. The molecule has 1 aliphatic carbocycles. The monoisotopic (exact) mass is 637 g/mol. The van der Waals surface area contributed by atoms with E-state index in [1.54, 1.807) is 23.2 Å². The van der Waals surface area contributed by atoms with Crippen molar-refractivity contribution < 1.29 is 27.5 Å². The second-order valence-electron chi connectivity index (χ2n) is 11.0. The number of carbonyl (C=O) groups excluding carboxylic acids is 2. The van der Waals surface area contributed by atoms with Gasteiger partial charge < -0.3 is 15.4 Å². The van der Waals surface area contributed by atoms with E-state index in [1.165, 1.54) is 23.7 Å². The first-order valence-corrected chi connectivity index (χ1v) is 15.6. The van der Waals surface area contributed by atoms with Gasteiger partial charge in [0, 0.05) is 31.3 Å². The van der Waals surface area contributed by atoms with Gasteiger partial charge in [0.25, 0.3) is 0 Å². The van der Waals surface area contributed by atoms with Crippen LogP contribution in [0.1, 0.15) is 68.5 Å². The zero-order valence-electron chi connectivity index (χ0n) is 24.1. The molecular weight excluding hydrogens is 607 g/mol. The molecule has 6 rings (SSSR count). The molecule has 3 aromatic heterocycles. The smallest absolute Gasteiger partial charge is 0.417 e. The summed E-state index contributed by atoms with van der Waals surface area (Å²) in [5, 5.41) is 5.79. The van der Waals surface area contributed by atoms with E-state index in [2.05, 4.69) is 30.6 Å². The van der Waals surface area contributed by atoms with Crippen LogP contribution in [0.15, 0.2) is 55.1 Å². The fourth-order valence-corrected chi connectivity index (χ4v) is 6.44. The Balaban J connectivity index is 1.07. The lowest BCUT2D eigenvalue weighted by atomic mass is 9.86. The summed E-state index contributed by atoms with van der Waals surface area (Å²) in [6.45, 7) is 0.687. The maximum absolute atomic E-state index is 13.4. The summed E-state index contributed by atoms with van der Waals surface area (Å²) in [5.74, 6) is 0.569. The first kappa shape index (κ1) is 30.4. The van der Waals surface area contributed by atoms with Crippen molar-refractivity contribution in [2.45, 2.75) is 63.5 Å². The Labute approximate surface area is 261 Å². The minimum absolute atomic E-state index is 0.0187.